The Morgan fingerprint density at radius 3 is 2.11 bits per heavy atom. The molecule has 0 saturated carbocycles. The first-order valence-electron chi connectivity index (χ1n) is 7.73. The highest BCUT2D eigenvalue weighted by atomic mass is 19.2. The van der Waals surface area contributed by atoms with Gasteiger partial charge in [-0.15, -0.1) is 0 Å². The number of hydrogen-bond donors (Lipinski definition) is 0. The Balaban J connectivity index is 2.04. The molecule has 0 aliphatic rings. The molecule has 0 radical (unpaired) electrons. The van der Waals surface area contributed by atoms with E-state index in [1.165, 1.54) is 30.3 Å². The van der Waals surface area contributed by atoms with Crippen LogP contribution in [0.3, 0.4) is 0 Å². The summed E-state index contributed by atoms with van der Waals surface area (Å²) in [5.41, 5.74) is -0.712. The molecule has 1 nitrogen and oxygen atoms in total. The highest BCUT2D eigenvalue weighted by Gasteiger charge is 2.25. The highest BCUT2D eigenvalue weighted by molar-refractivity contribution is 5.84. The Labute approximate surface area is 151 Å². The van der Waals surface area contributed by atoms with E-state index in [1.54, 1.807) is 12.1 Å². The second-order valence-electron chi connectivity index (χ2n) is 5.52. The standard InChI is InChI=1S/C21H11F5O/c1-2-9-27-21-19(25)17(23)16(18(24)20(21)26)8-4-12-3-5-14-11-15(22)7-6-13(14)10-12/h2-3,5-7,10-11H,1,9H2. The Morgan fingerprint density at radius 1 is 0.815 bits per heavy atom. The van der Waals surface area contributed by atoms with Gasteiger partial charge in [-0.05, 0) is 35.0 Å². The van der Waals surface area contributed by atoms with E-state index in [1.807, 2.05) is 0 Å². The normalized spacial score (nSPS) is 10.4. The van der Waals surface area contributed by atoms with Crippen LogP contribution in [-0.4, -0.2) is 6.61 Å². The lowest BCUT2D eigenvalue weighted by molar-refractivity contribution is 0.301. The molecule has 0 spiro atoms. The van der Waals surface area contributed by atoms with Gasteiger partial charge in [0.25, 0.3) is 0 Å². The minimum Gasteiger partial charge on any atom is -0.483 e. The van der Waals surface area contributed by atoms with Crippen LogP contribution in [0.25, 0.3) is 10.8 Å². The molecule has 0 aliphatic carbocycles. The predicted molar refractivity (Wildman–Crippen MR) is 91.9 cm³/mol. The summed E-state index contributed by atoms with van der Waals surface area (Å²) in [6, 6.07) is 8.72. The molecule has 0 amide bonds. The molecule has 27 heavy (non-hydrogen) atoms. The van der Waals surface area contributed by atoms with Gasteiger partial charge in [-0.2, -0.15) is 8.78 Å². The number of halogens is 5. The lowest BCUT2D eigenvalue weighted by Gasteiger charge is -2.09. The summed E-state index contributed by atoms with van der Waals surface area (Å²) in [4.78, 5) is 0. The van der Waals surface area contributed by atoms with E-state index in [9.17, 15) is 22.0 Å². The molecule has 0 aliphatic heterocycles. The molecule has 0 bridgehead atoms. The summed E-state index contributed by atoms with van der Waals surface area (Å²) in [5.74, 6) is -3.65. The van der Waals surface area contributed by atoms with Crippen molar-refractivity contribution in [2.45, 2.75) is 0 Å². The van der Waals surface area contributed by atoms with E-state index in [4.69, 9.17) is 0 Å². The SMILES string of the molecule is C=CCOc1c(F)c(F)c(C#Cc2ccc3cc(F)ccc3c2)c(F)c1F. The van der Waals surface area contributed by atoms with Gasteiger partial charge in [-0.1, -0.05) is 36.6 Å². The van der Waals surface area contributed by atoms with Crippen molar-refractivity contribution in [3.63, 3.8) is 0 Å². The molecule has 0 heterocycles. The molecule has 0 unspecified atom stereocenters. The van der Waals surface area contributed by atoms with E-state index in [0.717, 1.165) is 0 Å². The number of hydrogen-bond acceptors (Lipinski definition) is 1. The Kier molecular flexibility index (Phi) is 5.13. The zero-order chi connectivity index (χ0) is 19.6. The van der Waals surface area contributed by atoms with Crippen LogP contribution in [-0.2, 0) is 0 Å². The van der Waals surface area contributed by atoms with E-state index in [-0.39, 0.29) is 6.61 Å². The Hall–Kier alpha value is -3.33. The van der Waals surface area contributed by atoms with Gasteiger partial charge in [0.1, 0.15) is 18.0 Å². The summed E-state index contributed by atoms with van der Waals surface area (Å²) < 4.78 is 73.9. The van der Waals surface area contributed by atoms with Crippen molar-refractivity contribution in [3.8, 4) is 17.6 Å². The zero-order valence-electron chi connectivity index (χ0n) is 13.8. The lowest BCUT2D eigenvalue weighted by atomic mass is 10.1. The van der Waals surface area contributed by atoms with Gasteiger partial charge in [-0.3, -0.25) is 0 Å². The maximum absolute atomic E-state index is 14.1. The van der Waals surface area contributed by atoms with Crippen molar-refractivity contribution in [2.24, 2.45) is 0 Å². The second kappa shape index (κ2) is 7.50. The van der Waals surface area contributed by atoms with Crippen molar-refractivity contribution in [1.82, 2.24) is 0 Å². The molecule has 3 rings (SSSR count). The topological polar surface area (TPSA) is 9.23 Å². The Morgan fingerprint density at radius 2 is 1.44 bits per heavy atom. The minimum atomic E-state index is -1.67. The van der Waals surface area contributed by atoms with Gasteiger partial charge in [0.05, 0.1) is 0 Å². The fourth-order valence-electron chi connectivity index (χ4n) is 2.42. The highest BCUT2D eigenvalue weighted by Crippen LogP contribution is 2.29. The van der Waals surface area contributed by atoms with Gasteiger partial charge < -0.3 is 4.74 Å². The molecule has 3 aromatic carbocycles. The van der Waals surface area contributed by atoms with Crippen molar-refractivity contribution in [3.05, 3.63) is 89.3 Å². The van der Waals surface area contributed by atoms with Crippen molar-refractivity contribution in [2.75, 3.05) is 6.61 Å². The summed E-state index contributed by atoms with van der Waals surface area (Å²) >= 11 is 0. The molecule has 0 atom stereocenters. The molecule has 0 fully saturated rings. The summed E-state index contributed by atoms with van der Waals surface area (Å²) in [6.07, 6.45) is 1.17. The molecule has 136 valence electrons. The summed E-state index contributed by atoms with van der Waals surface area (Å²) in [7, 11) is 0. The van der Waals surface area contributed by atoms with E-state index in [0.29, 0.717) is 16.3 Å². The van der Waals surface area contributed by atoms with Crippen LogP contribution in [0.1, 0.15) is 11.1 Å². The summed E-state index contributed by atoms with van der Waals surface area (Å²) in [6.45, 7) is 2.96. The zero-order valence-corrected chi connectivity index (χ0v) is 13.8. The van der Waals surface area contributed by atoms with Crippen LogP contribution in [0.4, 0.5) is 22.0 Å². The van der Waals surface area contributed by atoms with Crippen LogP contribution in [0.15, 0.2) is 49.1 Å². The van der Waals surface area contributed by atoms with Crippen LogP contribution >= 0.6 is 0 Å². The monoisotopic (exact) mass is 374 g/mol. The maximum atomic E-state index is 14.1. The second-order valence-corrected chi connectivity index (χ2v) is 5.52. The number of rotatable bonds is 3. The molecule has 6 heteroatoms. The van der Waals surface area contributed by atoms with Crippen LogP contribution in [0.5, 0.6) is 5.75 Å². The smallest absolute Gasteiger partial charge is 0.205 e. The van der Waals surface area contributed by atoms with Crippen LogP contribution in [0.2, 0.25) is 0 Å². The molecule has 0 N–H and O–H groups in total. The predicted octanol–water partition coefficient (Wildman–Crippen LogP) is 5.50. The average Bonchev–Trinajstić information content (AvgIpc) is 2.66. The molecule has 0 aromatic heterocycles. The first kappa shape index (κ1) is 18.5. The van der Waals surface area contributed by atoms with Crippen LogP contribution in [0, 0.1) is 40.9 Å². The van der Waals surface area contributed by atoms with E-state index < -0.39 is 40.4 Å². The number of ether oxygens (including phenoxy) is 1. The third kappa shape index (κ3) is 3.63. The maximum Gasteiger partial charge on any atom is 0.205 e. The first-order chi connectivity index (χ1) is 12.9. The minimum absolute atomic E-state index is 0.324. The Bertz CT molecular complexity index is 1080. The van der Waals surface area contributed by atoms with Crippen molar-refractivity contribution in [1.29, 1.82) is 0 Å². The van der Waals surface area contributed by atoms with Gasteiger partial charge in [0, 0.05) is 5.56 Å². The van der Waals surface area contributed by atoms with Gasteiger partial charge in [-0.25, -0.2) is 13.2 Å². The number of fused-ring (bicyclic) bond motifs is 1. The fourth-order valence-corrected chi connectivity index (χ4v) is 2.42. The fraction of sp³-hybridized carbons (Fsp3) is 0.0476. The third-order valence-corrected chi connectivity index (χ3v) is 3.70. The first-order valence-corrected chi connectivity index (χ1v) is 7.73. The molecule has 0 saturated heterocycles. The van der Waals surface area contributed by atoms with E-state index in [2.05, 4.69) is 23.2 Å². The third-order valence-electron chi connectivity index (χ3n) is 3.70. The van der Waals surface area contributed by atoms with Gasteiger partial charge >= 0.3 is 0 Å². The summed E-state index contributed by atoms with van der Waals surface area (Å²) in [5, 5.41) is 1.26. The van der Waals surface area contributed by atoms with Crippen molar-refractivity contribution >= 4 is 10.8 Å². The molecular weight excluding hydrogens is 363 g/mol. The van der Waals surface area contributed by atoms with E-state index >= 15 is 0 Å². The largest absolute Gasteiger partial charge is 0.483 e. The van der Waals surface area contributed by atoms with Gasteiger partial charge in [0.2, 0.25) is 11.6 Å². The quantitative estimate of drug-likeness (QED) is 0.255. The van der Waals surface area contributed by atoms with Gasteiger partial charge in [0.15, 0.2) is 17.4 Å². The molecule has 3 aromatic rings. The van der Waals surface area contributed by atoms with Crippen LogP contribution < -0.4 is 4.74 Å². The van der Waals surface area contributed by atoms with Crippen molar-refractivity contribution < 1.29 is 26.7 Å². The lowest BCUT2D eigenvalue weighted by Crippen LogP contribution is -2.06. The molecular formula is C21H11F5O. The number of benzene rings is 3. The average molecular weight is 374 g/mol.